The molecule has 2 aromatic carbocycles. The van der Waals surface area contributed by atoms with Crippen molar-refractivity contribution in [3.05, 3.63) is 69.7 Å². The van der Waals surface area contributed by atoms with E-state index in [-0.39, 0.29) is 5.92 Å². The Morgan fingerprint density at radius 3 is 2.60 bits per heavy atom. The van der Waals surface area contributed by atoms with E-state index in [2.05, 4.69) is 46.1 Å². The predicted octanol–water partition coefficient (Wildman–Crippen LogP) is 5.12. The van der Waals surface area contributed by atoms with Gasteiger partial charge in [0.05, 0.1) is 0 Å². The highest BCUT2D eigenvalue weighted by atomic mass is 79.9. The average molecular weight is 419 g/mol. The van der Waals surface area contributed by atoms with E-state index >= 15 is 0 Å². The number of hydrogen-bond acceptors (Lipinski definition) is 2. The van der Waals surface area contributed by atoms with Gasteiger partial charge < -0.3 is 10.0 Å². The number of halogens is 2. The zero-order valence-electron chi connectivity index (χ0n) is 14.2. The maximum atomic E-state index is 12.2. The van der Waals surface area contributed by atoms with E-state index in [4.69, 9.17) is 11.6 Å². The molecule has 0 aromatic heterocycles. The van der Waals surface area contributed by atoms with Crippen molar-refractivity contribution < 1.29 is 5.11 Å². The molecule has 1 unspecified atom stereocenters. The van der Waals surface area contributed by atoms with Crippen molar-refractivity contribution in [1.82, 2.24) is 4.90 Å². The van der Waals surface area contributed by atoms with Crippen molar-refractivity contribution in [3.8, 4) is 0 Å². The first kappa shape index (κ1) is 17.3. The molecule has 1 aliphatic carbocycles. The van der Waals surface area contributed by atoms with Gasteiger partial charge in [-0.2, -0.15) is 0 Å². The smallest absolute Gasteiger partial charge is 0.119 e. The lowest BCUT2D eigenvalue weighted by atomic mass is 9.70. The molecule has 0 spiro atoms. The summed E-state index contributed by atoms with van der Waals surface area (Å²) in [4.78, 5) is 2.33. The van der Waals surface area contributed by atoms with Gasteiger partial charge in [0.1, 0.15) is 5.60 Å². The summed E-state index contributed by atoms with van der Waals surface area (Å²) in [5.74, 6) is 0.177. The first-order chi connectivity index (χ1) is 12.0. The number of fused-ring (bicyclic) bond motifs is 2. The van der Waals surface area contributed by atoms with E-state index < -0.39 is 5.60 Å². The van der Waals surface area contributed by atoms with Gasteiger partial charge >= 0.3 is 0 Å². The van der Waals surface area contributed by atoms with Crippen molar-refractivity contribution in [3.63, 3.8) is 0 Å². The van der Waals surface area contributed by atoms with E-state index in [1.807, 2.05) is 30.3 Å². The molecular formula is C21H21BrClNO. The third-order valence-corrected chi connectivity index (χ3v) is 6.50. The van der Waals surface area contributed by atoms with Crippen molar-refractivity contribution >= 4 is 38.1 Å². The summed E-state index contributed by atoms with van der Waals surface area (Å²) in [5.41, 5.74) is 2.96. The van der Waals surface area contributed by atoms with Gasteiger partial charge in [0.25, 0.3) is 0 Å². The van der Waals surface area contributed by atoms with Crippen LogP contribution in [-0.2, 0) is 5.60 Å². The lowest BCUT2D eigenvalue weighted by Gasteiger charge is -2.42. The van der Waals surface area contributed by atoms with Gasteiger partial charge in [-0.3, -0.25) is 0 Å². The molecule has 130 valence electrons. The highest BCUT2D eigenvalue weighted by Gasteiger charge is 2.44. The highest BCUT2D eigenvalue weighted by Crippen LogP contribution is 2.49. The Bertz CT molecular complexity index is 842. The van der Waals surface area contributed by atoms with Crippen molar-refractivity contribution in [2.75, 3.05) is 20.1 Å². The third-order valence-electron chi connectivity index (χ3n) is 5.61. The number of likely N-dealkylation sites (tertiary alicyclic amines) is 1. The Morgan fingerprint density at radius 2 is 1.84 bits per heavy atom. The number of piperidine rings is 1. The van der Waals surface area contributed by atoms with Crippen LogP contribution in [0.25, 0.3) is 10.6 Å². The van der Waals surface area contributed by atoms with Crippen molar-refractivity contribution in [2.24, 2.45) is 5.92 Å². The van der Waals surface area contributed by atoms with E-state index in [9.17, 15) is 5.11 Å². The zero-order chi connectivity index (χ0) is 17.6. The van der Waals surface area contributed by atoms with E-state index in [1.165, 1.54) is 0 Å². The number of aliphatic hydroxyl groups is 1. The van der Waals surface area contributed by atoms with Crippen LogP contribution >= 0.6 is 27.5 Å². The maximum absolute atomic E-state index is 12.2. The maximum Gasteiger partial charge on any atom is 0.119 e. The van der Waals surface area contributed by atoms with Crippen LogP contribution in [0.1, 0.15) is 35.1 Å². The molecule has 0 amide bonds. The molecule has 1 saturated heterocycles. The lowest BCUT2D eigenvalue weighted by Crippen LogP contribution is -2.43. The number of nitrogens with zero attached hydrogens (tertiary/aromatic N) is 1. The van der Waals surface area contributed by atoms with Gasteiger partial charge in [-0.05, 0) is 79.4 Å². The van der Waals surface area contributed by atoms with Crippen LogP contribution in [-0.4, -0.2) is 30.1 Å². The molecule has 0 radical (unpaired) electrons. The first-order valence-electron chi connectivity index (χ1n) is 8.68. The van der Waals surface area contributed by atoms with Gasteiger partial charge in [-0.1, -0.05) is 57.9 Å². The second-order valence-electron chi connectivity index (χ2n) is 7.11. The standard InChI is InChI=1S/C21H21BrClNO/c1-24-10-8-15(9-11-24)21(25)18-5-3-2-4-14(18)12-20(22)17-13-16(23)6-7-19(17)21/h2-7,12-13,15,25H,8-11H2,1H3. The quantitative estimate of drug-likeness (QED) is 0.694. The molecule has 1 fully saturated rings. The minimum atomic E-state index is -1.01. The van der Waals surface area contributed by atoms with E-state index in [0.717, 1.165) is 52.7 Å². The van der Waals surface area contributed by atoms with Crippen LogP contribution in [0.15, 0.2) is 42.5 Å². The molecule has 2 nitrogen and oxygen atoms in total. The molecule has 1 N–H and O–H groups in total. The van der Waals surface area contributed by atoms with Gasteiger partial charge in [0.15, 0.2) is 0 Å². The van der Waals surface area contributed by atoms with Gasteiger partial charge in [0.2, 0.25) is 0 Å². The Kier molecular flexibility index (Phi) is 4.53. The Balaban J connectivity index is 1.97. The van der Waals surface area contributed by atoms with Gasteiger partial charge in [-0.15, -0.1) is 0 Å². The summed E-state index contributed by atoms with van der Waals surface area (Å²) in [6, 6.07) is 14.0. The summed E-state index contributed by atoms with van der Waals surface area (Å²) in [6.45, 7) is 2.01. The van der Waals surface area contributed by atoms with Crippen molar-refractivity contribution in [2.45, 2.75) is 18.4 Å². The first-order valence-corrected chi connectivity index (χ1v) is 9.85. The molecule has 0 bridgehead atoms. The molecule has 2 aromatic rings. The molecule has 25 heavy (non-hydrogen) atoms. The summed E-state index contributed by atoms with van der Waals surface area (Å²) in [6.07, 6.45) is 4.04. The largest absolute Gasteiger partial charge is 0.380 e. The SMILES string of the molecule is CN1CCC(C2(O)c3ccccc3C=C(Br)c3cc(Cl)ccc32)CC1. The fraction of sp³-hybridized carbons (Fsp3) is 0.333. The second-order valence-corrected chi connectivity index (χ2v) is 8.40. The van der Waals surface area contributed by atoms with Gasteiger partial charge in [-0.25, -0.2) is 0 Å². The van der Waals surface area contributed by atoms with Gasteiger partial charge in [0, 0.05) is 9.51 Å². The highest BCUT2D eigenvalue weighted by molar-refractivity contribution is 9.15. The summed E-state index contributed by atoms with van der Waals surface area (Å²) in [7, 11) is 2.15. The average Bonchev–Trinajstić information content (AvgIpc) is 2.70. The Morgan fingerprint density at radius 1 is 1.12 bits per heavy atom. The molecule has 1 heterocycles. The number of hydrogen-bond donors (Lipinski definition) is 1. The monoisotopic (exact) mass is 417 g/mol. The van der Waals surface area contributed by atoms with Crippen LogP contribution in [0.3, 0.4) is 0 Å². The number of rotatable bonds is 1. The summed E-state index contributed by atoms with van der Waals surface area (Å²) >= 11 is 9.98. The molecule has 0 saturated carbocycles. The molecule has 1 aliphatic heterocycles. The molecule has 4 rings (SSSR count). The van der Waals surface area contributed by atoms with E-state index in [1.54, 1.807) is 0 Å². The van der Waals surface area contributed by atoms with Crippen LogP contribution in [0.4, 0.5) is 0 Å². The van der Waals surface area contributed by atoms with E-state index in [0.29, 0.717) is 5.02 Å². The topological polar surface area (TPSA) is 23.5 Å². The third kappa shape index (κ3) is 2.87. The zero-order valence-corrected chi connectivity index (χ0v) is 16.5. The second kappa shape index (κ2) is 6.55. The van der Waals surface area contributed by atoms with Crippen LogP contribution in [0.5, 0.6) is 0 Å². The Labute approximate surface area is 162 Å². The fourth-order valence-electron chi connectivity index (χ4n) is 4.24. The lowest BCUT2D eigenvalue weighted by molar-refractivity contribution is -0.0110. The molecule has 4 heteroatoms. The van der Waals surface area contributed by atoms with Crippen LogP contribution in [0, 0.1) is 5.92 Å². The predicted molar refractivity (Wildman–Crippen MR) is 108 cm³/mol. The molecule has 2 aliphatic rings. The van der Waals surface area contributed by atoms with Crippen LogP contribution in [0.2, 0.25) is 5.02 Å². The van der Waals surface area contributed by atoms with Crippen molar-refractivity contribution in [1.29, 1.82) is 0 Å². The molecule has 1 atom stereocenters. The van der Waals surface area contributed by atoms with Crippen LogP contribution < -0.4 is 0 Å². The minimum absolute atomic E-state index is 0.177. The minimum Gasteiger partial charge on any atom is -0.380 e. The Hall–Kier alpha value is -1.13. The number of benzene rings is 2. The summed E-state index contributed by atoms with van der Waals surface area (Å²) in [5, 5.41) is 12.8. The normalized spacial score (nSPS) is 24.2. The molecular weight excluding hydrogens is 398 g/mol. The summed E-state index contributed by atoms with van der Waals surface area (Å²) < 4.78 is 0.960. The fourth-order valence-corrected chi connectivity index (χ4v) is 4.99.